The van der Waals surface area contributed by atoms with Crippen molar-refractivity contribution in [3.8, 4) is 0 Å². The van der Waals surface area contributed by atoms with E-state index < -0.39 is 0 Å². The Hall–Kier alpha value is -3.68. The summed E-state index contributed by atoms with van der Waals surface area (Å²) in [6, 6.07) is 14.6. The van der Waals surface area contributed by atoms with Crippen LogP contribution in [0.3, 0.4) is 0 Å². The Kier molecular flexibility index (Phi) is 4.06. The lowest BCUT2D eigenvalue weighted by molar-refractivity contribution is 0.262. The highest BCUT2D eigenvalue weighted by atomic mass is 16.5. The zero-order valence-electron chi connectivity index (χ0n) is 14.0. The quantitative estimate of drug-likeness (QED) is 0.590. The van der Waals surface area contributed by atoms with E-state index in [1.54, 1.807) is 13.0 Å². The van der Waals surface area contributed by atoms with Crippen molar-refractivity contribution < 1.29 is 9.32 Å². The molecule has 4 rings (SSSR count). The maximum atomic E-state index is 12.0. The van der Waals surface area contributed by atoms with Gasteiger partial charge in [-0.05, 0) is 36.8 Å². The molecule has 3 aromatic heterocycles. The monoisotopic (exact) mass is 348 g/mol. The van der Waals surface area contributed by atoms with Crippen molar-refractivity contribution in [1.82, 2.24) is 19.8 Å². The zero-order valence-corrected chi connectivity index (χ0v) is 14.0. The molecule has 0 saturated heterocycles. The Morgan fingerprint density at radius 3 is 2.73 bits per heavy atom. The van der Waals surface area contributed by atoms with Crippen LogP contribution in [0.15, 0.2) is 59.3 Å². The number of carbonyl (C=O) groups excluding carboxylic acids is 1. The number of fused-ring (bicyclic) bond motifs is 1. The van der Waals surface area contributed by atoms with E-state index in [1.807, 2.05) is 53.1 Å². The molecule has 0 spiro atoms. The molecule has 0 unspecified atom stereocenters. The van der Waals surface area contributed by atoms with Gasteiger partial charge in [0.15, 0.2) is 11.5 Å². The lowest BCUT2D eigenvalue weighted by Gasteiger charge is -2.06. The van der Waals surface area contributed by atoms with E-state index in [2.05, 4.69) is 26.0 Å². The second-order valence-electron chi connectivity index (χ2n) is 5.82. The summed E-state index contributed by atoms with van der Waals surface area (Å²) >= 11 is 0. The minimum Gasteiger partial charge on any atom is -0.360 e. The number of nitrogens with zero attached hydrogens (tertiary/aromatic N) is 4. The minimum atomic E-state index is -0.380. The van der Waals surface area contributed by atoms with Gasteiger partial charge >= 0.3 is 6.03 Å². The maximum absolute atomic E-state index is 12.0. The molecule has 3 heterocycles. The van der Waals surface area contributed by atoms with Gasteiger partial charge in [0.1, 0.15) is 11.6 Å². The molecule has 4 aromatic rings. The summed E-state index contributed by atoms with van der Waals surface area (Å²) in [6.07, 6.45) is 2.59. The van der Waals surface area contributed by atoms with Gasteiger partial charge in [0, 0.05) is 24.4 Å². The summed E-state index contributed by atoms with van der Waals surface area (Å²) in [6.45, 7) is 1.76. The molecule has 0 radical (unpaired) electrons. The third kappa shape index (κ3) is 3.39. The number of urea groups is 1. The molecular weight excluding hydrogens is 332 g/mol. The lowest BCUT2D eigenvalue weighted by Crippen LogP contribution is -2.19. The molecule has 2 N–H and O–H groups in total. The molecule has 2 amide bonds. The Labute approximate surface area is 148 Å². The Bertz CT molecular complexity index is 1050. The summed E-state index contributed by atoms with van der Waals surface area (Å²) < 4.78 is 6.86. The van der Waals surface area contributed by atoms with Crippen molar-refractivity contribution in [3.05, 3.63) is 71.9 Å². The highest BCUT2D eigenvalue weighted by Crippen LogP contribution is 2.14. The molecule has 26 heavy (non-hydrogen) atoms. The van der Waals surface area contributed by atoms with Crippen LogP contribution in [-0.2, 0) is 6.42 Å². The van der Waals surface area contributed by atoms with Gasteiger partial charge in [0.25, 0.3) is 0 Å². The Balaban J connectivity index is 1.41. The minimum absolute atomic E-state index is 0.371. The Morgan fingerprint density at radius 2 is 1.96 bits per heavy atom. The Morgan fingerprint density at radius 1 is 1.12 bits per heavy atom. The third-order valence-corrected chi connectivity index (χ3v) is 3.83. The number of nitrogens with one attached hydrogen (secondary N) is 2. The first kappa shape index (κ1) is 15.8. The van der Waals surface area contributed by atoms with E-state index in [4.69, 9.17) is 4.52 Å². The normalized spacial score (nSPS) is 10.8. The first-order valence-corrected chi connectivity index (χ1v) is 8.06. The molecule has 1 aromatic carbocycles. The van der Waals surface area contributed by atoms with Gasteiger partial charge in [0.05, 0.1) is 0 Å². The van der Waals surface area contributed by atoms with Crippen LogP contribution in [0, 0.1) is 6.92 Å². The third-order valence-electron chi connectivity index (χ3n) is 3.83. The number of anilines is 2. The fraction of sp³-hybridized carbons (Fsp3) is 0.111. The van der Waals surface area contributed by atoms with Crippen LogP contribution in [0.4, 0.5) is 16.3 Å². The molecule has 0 aliphatic heterocycles. The van der Waals surface area contributed by atoms with Crippen molar-refractivity contribution in [2.75, 3.05) is 10.6 Å². The topological polar surface area (TPSA) is 97.3 Å². The van der Waals surface area contributed by atoms with Crippen LogP contribution >= 0.6 is 0 Å². The van der Waals surface area contributed by atoms with E-state index in [9.17, 15) is 4.79 Å². The molecule has 8 nitrogen and oxygen atoms in total. The number of aryl methyl sites for hydroxylation is 1. The molecule has 0 bridgehead atoms. The highest BCUT2D eigenvalue weighted by molar-refractivity contribution is 5.99. The molecule has 0 aliphatic carbocycles. The van der Waals surface area contributed by atoms with E-state index in [1.165, 1.54) is 0 Å². The van der Waals surface area contributed by atoms with Gasteiger partial charge in [-0.1, -0.05) is 23.4 Å². The zero-order chi connectivity index (χ0) is 17.9. The maximum Gasteiger partial charge on any atom is 0.324 e. The van der Waals surface area contributed by atoms with Gasteiger partial charge in [-0.25, -0.2) is 4.79 Å². The summed E-state index contributed by atoms with van der Waals surface area (Å²) in [7, 11) is 0. The van der Waals surface area contributed by atoms with Crippen molar-refractivity contribution in [1.29, 1.82) is 0 Å². The highest BCUT2D eigenvalue weighted by Gasteiger charge is 2.08. The number of hydrogen-bond acceptors (Lipinski definition) is 5. The van der Waals surface area contributed by atoms with Crippen molar-refractivity contribution in [2.45, 2.75) is 13.3 Å². The van der Waals surface area contributed by atoms with Gasteiger partial charge < -0.3 is 9.84 Å². The van der Waals surface area contributed by atoms with Crippen molar-refractivity contribution in [2.24, 2.45) is 0 Å². The molecule has 130 valence electrons. The summed E-state index contributed by atoms with van der Waals surface area (Å²) in [4.78, 5) is 12.0. The fourth-order valence-corrected chi connectivity index (χ4v) is 2.60. The first-order chi connectivity index (χ1) is 12.7. The molecule has 0 fully saturated rings. The van der Waals surface area contributed by atoms with E-state index in [-0.39, 0.29) is 6.03 Å². The van der Waals surface area contributed by atoms with Gasteiger partial charge in [-0.2, -0.15) is 0 Å². The smallest absolute Gasteiger partial charge is 0.324 e. The van der Waals surface area contributed by atoms with Crippen LogP contribution in [-0.4, -0.2) is 25.8 Å². The van der Waals surface area contributed by atoms with E-state index in [0.717, 1.165) is 17.0 Å². The summed E-state index contributed by atoms with van der Waals surface area (Å²) in [5.74, 6) is 1.86. The largest absolute Gasteiger partial charge is 0.360 e. The molecule has 8 heteroatoms. The number of amides is 2. The summed E-state index contributed by atoms with van der Waals surface area (Å²) in [5, 5.41) is 17.4. The number of pyridine rings is 1. The van der Waals surface area contributed by atoms with Crippen LogP contribution < -0.4 is 10.6 Å². The lowest BCUT2D eigenvalue weighted by atomic mass is 10.1. The van der Waals surface area contributed by atoms with Gasteiger partial charge in [0.2, 0.25) is 0 Å². The molecule has 0 atom stereocenters. The number of rotatable bonds is 4. The molecule has 0 saturated carbocycles. The average Bonchev–Trinajstić information content (AvgIpc) is 3.23. The van der Waals surface area contributed by atoms with Crippen molar-refractivity contribution >= 4 is 23.2 Å². The fourth-order valence-electron chi connectivity index (χ4n) is 2.60. The van der Waals surface area contributed by atoms with Gasteiger partial charge in [-0.3, -0.25) is 9.72 Å². The average molecular weight is 348 g/mol. The van der Waals surface area contributed by atoms with Crippen LogP contribution in [0.25, 0.3) is 5.65 Å². The number of hydrogen-bond donors (Lipinski definition) is 2. The predicted molar refractivity (Wildman–Crippen MR) is 96.1 cm³/mol. The van der Waals surface area contributed by atoms with E-state index in [0.29, 0.717) is 23.7 Å². The predicted octanol–water partition coefficient (Wildman–Crippen LogP) is 3.26. The van der Waals surface area contributed by atoms with Gasteiger partial charge in [-0.15, -0.1) is 10.2 Å². The SMILES string of the molecule is Cc1cc(NC(=O)Nc2ccc(Cc3nnc4ccccn34)cc2)no1. The summed E-state index contributed by atoms with van der Waals surface area (Å²) in [5.41, 5.74) is 2.57. The second kappa shape index (κ2) is 6.67. The van der Waals surface area contributed by atoms with Crippen LogP contribution in [0.2, 0.25) is 0 Å². The second-order valence-corrected chi connectivity index (χ2v) is 5.82. The first-order valence-electron chi connectivity index (χ1n) is 8.06. The standard InChI is InChI=1S/C18H16N6O2/c1-12-10-15(23-26-12)20-18(25)19-14-7-5-13(6-8-14)11-17-22-21-16-4-2-3-9-24(16)17/h2-10H,11H2,1H3,(H2,19,20,23,25). The molecule has 0 aliphatic rings. The molecular formula is C18H16N6O2. The van der Waals surface area contributed by atoms with Crippen molar-refractivity contribution in [3.63, 3.8) is 0 Å². The van der Waals surface area contributed by atoms with Crippen LogP contribution in [0.5, 0.6) is 0 Å². The number of carbonyl (C=O) groups is 1. The van der Waals surface area contributed by atoms with Crippen LogP contribution in [0.1, 0.15) is 17.1 Å². The van der Waals surface area contributed by atoms with E-state index >= 15 is 0 Å². The number of aromatic nitrogens is 4. The number of benzene rings is 1.